The summed E-state index contributed by atoms with van der Waals surface area (Å²) in [5.41, 5.74) is 0.380. The van der Waals surface area contributed by atoms with Crippen molar-refractivity contribution in [3.8, 4) is 0 Å². The molecule has 0 fully saturated rings. The molecular formula is C14H20ClFN2O2. The Balaban J connectivity index is 2.60. The number of rotatable bonds is 6. The second kappa shape index (κ2) is 7.57. The van der Waals surface area contributed by atoms with Crippen molar-refractivity contribution in [3.63, 3.8) is 0 Å². The third kappa shape index (κ3) is 4.44. The van der Waals surface area contributed by atoms with Crippen LogP contribution >= 0.6 is 11.6 Å². The number of benzene rings is 1. The van der Waals surface area contributed by atoms with Crippen LogP contribution in [0, 0.1) is 5.82 Å². The quantitative estimate of drug-likeness (QED) is 0.845. The fraction of sp³-hybridized carbons (Fsp3) is 0.500. The molecule has 20 heavy (non-hydrogen) atoms. The molecule has 6 heteroatoms. The zero-order valence-electron chi connectivity index (χ0n) is 11.9. The van der Waals surface area contributed by atoms with E-state index in [1.54, 1.807) is 0 Å². The molecule has 0 aliphatic heterocycles. The Morgan fingerprint density at radius 3 is 2.65 bits per heavy atom. The van der Waals surface area contributed by atoms with E-state index in [2.05, 4.69) is 5.32 Å². The van der Waals surface area contributed by atoms with Crippen LogP contribution in [0.1, 0.15) is 25.0 Å². The van der Waals surface area contributed by atoms with Crippen LogP contribution in [0.25, 0.3) is 0 Å². The monoisotopic (exact) mass is 302 g/mol. The van der Waals surface area contributed by atoms with Crippen molar-refractivity contribution >= 4 is 17.5 Å². The van der Waals surface area contributed by atoms with Gasteiger partial charge in [-0.3, -0.25) is 9.69 Å². The van der Waals surface area contributed by atoms with Gasteiger partial charge in [0.2, 0.25) is 5.91 Å². The van der Waals surface area contributed by atoms with Gasteiger partial charge in [-0.1, -0.05) is 24.6 Å². The lowest BCUT2D eigenvalue weighted by atomic mass is 10.1. The highest BCUT2D eigenvalue weighted by Crippen LogP contribution is 2.19. The molecule has 0 saturated carbocycles. The van der Waals surface area contributed by atoms with E-state index in [0.717, 1.165) is 0 Å². The van der Waals surface area contributed by atoms with E-state index in [9.17, 15) is 14.3 Å². The SMILES string of the molecule is CCC(C(=O)NCC(O)c1ccc(Cl)c(F)c1)N(C)C. The summed E-state index contributed by atoms with van der Waals surface area (Å²) in [6.07, 6.45) is -0.296. The lowest BCUT2D eigenvalue weighted by Gasteiger charge is -2.22. The number of aliphatic hydroxyl groups is 1. The van der Waals surface area contributed by atoms with Gasteiger partial charge >= 0.3 is 0 Å². The lowest BCUT2D eigenvalue weighted by Crippen LogP contribution is -2.44. The van der Waals surface area contributed by atoms with Crippen LogP contribution in [0.4, 0.5) is 4.39 Å². The molecule has 0 radical (unpaired) electrons. The van der Waals surface area contributed by atoms with Crippen LogP contribution in [0.5, 0.6) is 0 Å². The number of likely N-dealkylation sites (N-methyl/N-ethyl adjacent to an activating group) is 1. The van der Waals surface area contributed by atoms with Crippen LogP contribution in [-0.4, -0.2) is 42.6 Å². The summed E-state index contributed by atoms with van der Waals surface area (Å²) >= 11 is 5.58. The third-order valence-corrected chi connectivity index (χ3v) is 3.42. The topological polar surface area (TPSA) is 52.6 Å². The highest BCUT2D eigenvalue weighted by atomic mass is 35.5. The third-order valence-electron chi connectivity index (χ3n) is 3.11. The molecule has 1 aromatic carbocycles. The number of carbonyl (C=O) groups excluding carboxylic acids is 1. The minimum absolute atomic E-state index is 0.00337. The maximum absolute atomic E-state index is 13.3. The number of aliphatic hydroxyl groups excluding tert-OH is 1. The summed E-state index contributed by atoms with van der Waals surface area (Å²) in [6, 6.07) is 3.84. The van der Waals surface area contributed by atoms with E-state index in [4.69, 9.17) is 11.6 Å². The van der Waals surface area contributed by atoms with Crippen LogP contribution in [0.2, 0.25) is 5.02 Å². The molecule has 0 aliphatic rings. The van der Waals surface area contributed by atoms with Gasteiger partial charge in [-0.2, -0.15) is 0 Å². The van der Waals surface area contributed by atoms with Crippen LogP contribution < -0.4 is 5.32 Å². The number of hydrogen-bond donors (Lipinski definition) is 2. The fourth-order valence-electron chi connectivity index (χ4n) is 1.94. The second-order valence-electron chi connectivity index (χ2n) is 4.82. The minimum Gasteiger partial charge on any atom is -0.387 e. The molecule has 1 rings (SSSR count). The zero-order chi connectivity index (χ0) is 15.3. The number of hydrogen-bond acceptors (Lipinski definition) is 3. The van der Waals surface area contributed by atoms with Crippen molar-refractivity contribution in [3.05, 3.63) is 34.6 Å². The summed E-state index contributed by atoms with van der Waals surface area (Å²) in [5.74, 6) is -0.750. The molecule has 112 valence electrons. The summed E-state index contributed by atoms with van der Waals surface area (Å²) < 4.78 is 13.3. The summed E-state index contributed by atoms with van der Waals surface area (Å²) in [6.45, 7) is 1.94. The van der Waals surface area contributed by atoms with Crippen LogP contribution in [0.3, 0.4) is 0 Å². The van der Waals surface area contributed by atoms with E-state index >= 15 is 0 Å². The Morgan fingerprint density at radius 2 is 2.15 bits per heavy atom. The Hall–Kier alpha value is -1.17. The predicted octanol–water partition coefficient (Wildman–Crippen LogP) is 1.97. The summed E-state index contributed by atoms with van der Waals surface area (Å²) in [4.78, 5) is 13.7. The maximum atomic E-state index is 13.3. The van der Waals surface area contributed by atoms with Crippen LogP contribution in [0.15, 0.2) is 18.2 Å². The highest BCUT2D eigenvalue weighted by molar-refractivity contribution is 6.30. The molecule has 2 atom stereocenters. The first-order chi connectivity index (χ1) is 9.36. The van der Waals surface area contributed by atoms with Gasteiger partial charge in [-0.05, 0) is 38.2 Å². The molecule has 1 amide bonds. The smallest absolute Gasteiger partial charge is 0.237 e. The highest BCUT2D eigenvalue weighted by Gasteiger charge is 2.19. The van der Waals surface area contributed by atoms with E-state index in [1.807, 2.05) is 25.9 Å². The molecule has 2 N–H and O–H groups in total. The molecule has 0 bridgehead atoms. The van der Waals surface area contributed by atoms with Crippen molar-refractivity contribution in [2.75, 3.05) is 20.6 Å². The van der Waals surface area contributed by atoms with Crippen molar-refractivity contribution in [1.29, 1.82) is 0 Å². The van der Waals surface area contributed by atoms with Crippen molar-refractivity contribution in [2.45, 2.75) is 25.5 Å². The first kappa shape index (κ1) is 16.9. The number of carbonyl (C=O) groups is 1. The van der Waals surface area contributed by atoms with Gasteiger partial charge in [0.05, 0.1) is 17.2 Å². The number of halogens is 2. The van der Waals surface area contributed by atoms with Gasteiger partial charge in [0.1, 0.15) is 5.82 Å². The number of nitrogens with one attached hydrogen (secondary N) is 1. The zero-order valence-corrected chi connectivity index (χ0v) is 12.6. The van der Waals surface area contributed by atoms with Crippen molar-refractivity contribution < 1.29 is 14.3 Å². The van der Waals surface area contributed by atoms with E-state index in [0.29, 0.717) is 12.0 Å². The van der Waals surface area contributed by atoms with Gasteiger partial charge in [0, 0.05) is 6.54 Å². The van der Waals surface area contributed by atoms with Gasteiger partial charge in [-0.25, -0.2) is 4.39 Å². The Morgan fingerprint density at radius 1 is 1.50 bits per heavy atom. The molecule has 0 spiro atoms. The summed E-state index contributed by atoms with van der Waals surface area (Å²) in [5, 5.41) is 12.6. The molecule has 4 nitrogen and oxygen atoms in total. The Labute approximate surface area is 123 Å². The lowest BCUT2D eigenvalue weighted by molar-refractivity contribution is -0.126. The number of nitrogens with zero attached hydrogens (tertiary/aromatic N) is 1. The van der Waals surface area contributed by atoms with Crippen molar-refractivity contribution in [2.24, 2.45) is 0 Å². The summed E-state index contributed by atoms with van der Waals surface area (Å²) in [7, 11) is 3.64. The fourth-order valence-corrected chi connectivity index (χ4v) is 2.06. The van der Waals surface area contributed by atoms with Gasteiger partial charge < -0.3 is 10.4 Å². The van der Waals surface area contributed by atoms with Gasteiger partial charge in [0.25, 0.3) is 0 Å². The Kier molecular flexibility index (Phi) is 6.39. The first-order valence-corrected chi connectivity index (χ1v) is 6.81. The minimum atomic E-state index is -0.967. The molecular weight excluding hydrogens is 283 g/mol. The predicted molar refractivity (Wildman–Crippen MR) is 77.1 cm³/mol. The maximum Gasteiger partial charge on any atom is 0.237 e. The molecule has 2 unspecified atom stereocenters. The molecule has 0 heterocycles. The Bertz CT molecular complexity index is 468. The van der Waals surface area contributed by atoms with Crippen LogP contribution in [-0.2, 0) is 4.79 Å². The molecule has 0 aromatic heterocycles. The van der Waals surface area contributed by atoms with Crippen molar-refractivity contribution in [1.82, 2.24) is 10.2 Å². The number of amides is 1. The van der Waals surface area contributed by atoms with E-state index in [1.165, 1.54) is 18.2 Å². The van der Waals surface area contributed by atoms with E-state index in [-0.39, 0.29) is 23.5 Å². The molecule has 0 saturated heterocycles. The molecule has 1 aromatic rings. The average Bonchev–Trinajstić information content (AvgIpc) is 2.39. The standard InChI is InChI=1S/C14H20ClFN2O2/c1-4-12(18(2)3)14(20)17-8-13(19)9-5-6-10(15)11(16)7-9/h5-7,12-13,19H,4,8H2,1-3H3,(H,17,20). The largest absolute Gasteiger partial charge is 0.387 e. The molecule has 0 aliphatic carbocycles. The second-order valence-corrected chi connectivity index (χ2v) is 5.23. The normalized spacial score (nSPS) is 14.2. The average molecular weight is 303 g/mol. The van der Waals surface area contributed by atoms with Gasteiger partial charge in [0.15, 0.2) is 0 Å². The van der Waals surface area contributed by atoms with Gasteiger partial charge in [-0.15, -0.1) is 0 Å². The van der Waals surface area contributed by atoms with E-state index < -0.39 is 11.9 Å². The first-order valence-electron chi connectivity index (χ1n) is 6.44.